The van der Waals surface area contributed by atoms with Crippen molar-refractivity contribution in [3.63, 3.8) is 0 Å². The maximum Gasteiger partial charge on any atom is 0.0638 e. The van der Waals surface area contributed by atoms with E-state index < -0.39 is 10.8 Å². The topological polar surface area (TPSA) is 29.1 Å². The molecular weight excluding hydrogens is 310 g/mol. The highest BCUT2D eigenvalue weighted by atomic mass is 79.9. The molecule has 0 saturated carbocycles. The molecule has 1 heterocycles. The lowest BCUT2D eigenvalue weighted by Crippen LogP contribution is -2.29. The minimum Gasteiger partial charge on any atom is -0.381 e. The molecule has 1 aromatic carbocycles. The summed E-state index contributed by atoms with van der Waals surface area (Å²) in [6, 6.07) is 6.16. The Bertz CT molecular complexity index is 403. The van der Waals surface area contributed by atoms with Crippen LogP contribution in [0.2, 0.25) is 5.02 Å². The van der Waals surface area contributed by atoms with E-state index in [9.17, 15) is 4.21 Å². The van der Waals surface area contributed by atoms with Gasteiger partial charge in [0.15, 0.2) is 0 Å². The minimum atomic E-state index is -0.611. The molecule has 2 rings (SSSR count). The summed E-state index contributed by atoms with van der Waals surface area (Å²) in [7, 11) is -0.611. The zero-order chi connectivity index (χ0) is 11.5. The van der Waals surface area contributed by atoms with Crippen LogP contribution >= 0.6 is 27.5 Å². The predicted molar refractivity (Wildman–Crippen MR) is 73.7 cm³/mol. The van der Waals surface area contributed by atoms with Crippen molar-refractivity contribution >= 4 is 44.0 Å². The Balaban J connectivity index is 2.03. The van der Waals surface area contributed by atoms with Crippen LogP contribution in [0.4, 0.5) is 5.69 Å². The Labute approximate surface area is 111 Å². The minimum absolute atomic E-state index is 0.393. The molecule has 0 unspecified atom stereocenters. The fourth-order valence-electron chi connectivity index (χ4n) is 1.77. The van der Waals surface area contributed by atoms with Gasteiger partial charge in [-0.15, -0.1) is 0 Å². The third-order valence-electron chi connectivity index (χ3n) is 2.68. The largest absolute Gasteiger partial charge is 0.381 e. The normalized spacial score (nSPS) is 25.4. The van der Waals surface area contributed by atoms with Crippen LogP contribution < -0.4 is 5.32 Å². The first kappa shape index (κ1) is 12.4. The molecule has 5 heteroatoms. The van der Waals surface area contributed by atoms with Gasteiger partial charge >= 0.3 is 0 Å². The molecule has 1 aliphatic rings. The summed E-state index contributed by atoms with van der Waals surface area (Å²) in [6.45, 7) is 0. The maximum atomic E-state index is 11.2. The van der Waals surface area contributed by atoms with Crippen molar-refractivity contribution < 1.29 is 4.21 Å². The van der Waals surface area contributed by atoms with Crippen molar-refractivity contribution in [3.05, 3.63) is 27.7 Å². The van der Waals surface area contributed by atoms with Gasteiger partial charge in [0.25, 0.3) is 0 Å². The van der Waals surface area contributed by atoms with E-state index in [2.05, 4.69) is 21.2 Å². The predicted octanol–water partition coefficient (Wildman–Crippen LogP) is 3.43. The fraction of sp³-hybridized carbons (Fsp3) is 0.455. The highest BCUT2D eigenvalue weighted by molar-refractivity contribution is 9.10. The third-order valence-corrected chi connectivity index (χ3v) is 4.88. The smallest absolute Gasteiger partial charge is 0.0638 e. The average molecular weight is 323 g/mol. The summed E-state index contributed by atoms with van der Waals surface area (Å²) in [4.78, 5) is 0. The molecule has 1 N–H and O–H groups in total. The zero-order valence-corrected chi connectivity index (χ0v) is 11.9. The van der Waals surface area contributed by atoms with E-state index in [1.807, 2.05) is 18.2 Å². The van der Waals surface area contributed by atoms with E-state index in [1.54, 1.807) is 0 Å². The standard InChI is InChI=1S/C11H13BrClNOS/c12-8-1-2-10(13)11(7-8)14-9-3-5-16(15)6-4-9/h1-2,7,9,14H,3-6H2. The molecule has 0 radical (unpaired) electrons. The summed E-state index contributed by atoms with van der Waals surface area (Å²) in [5.41, 5.74) is 0.953. The first-order valence-electron chi connectivity index (χ1n) is 5.22. The van der Waals surface area contributed by atoms with Gasteiger partial charge in [0.05, 0.1) is 10.7 Å². The van der Waals surface area contributed by atoms with Crippen LogP contribution in [0, 0.1) is 0 Å². The van der Waals surface area contributed by atoms with Crippen LogP contribution in [0.1, 0.15) is 12.8 Å². The van der Waals surface area contributed by atoms with E-state index in [4.69, 9.17) is 11.6 Å². The molecule has 0 spiro atoms. The SMILES string of the molecule is O=S1CCC(Nc2cc(Br)ccc2Cl)CC1. The van der Waals surface area contributed by atoms with E-state index in [0.29, 0.717) is 6.04 Å². The highest BCUT2D eigenvalue weighted by Gasteiger charge is 2.18. The second-order valence-electron chi connectivity index (χ2n) is 3.89. The molecule has 1 saturated heterocycles. The number of rotatable bonds is 2. The van der Waals surface area contributed by atoms with E-state index >= 15 is 0 Å². The van der Waals surface area contributed by atoms with Crippen molar-refractivity contribution in [2.45, 2.75) is 18.9 Å². The third kappa shape index (κ3) is 3.22. The van der Waals surface area contributed by atoms with Gasteiger partial charge < -0.3 is 5.32 Å². The molecule has 16 heavy (non-hydrogen) atoms. The highest BCUT2D eigenvalue weighted by Crippen LogP contribution is 2.27. The summed E-state index contributed by atoms with van der Waals surface area (Å²) in [5, 5.41) is 4.15. The molecule has 1 aromatic rings. The quantitative estimate of drug-likeness (QED) is 0.904. The van der Waals surface area contributed by atoms with E-state index in [1.165, 1.54) is 0 Å². The molecule has 0 atom stereocenters. The average Bonchev–Trinajstić information content (AvgIpc) is 2.27. The van der Waals surface area contributed by atoms with Gasteiger partial charge in [-0.3, -0.25) is 4.21 Å². The molecular formula is C11H13BrClNOS. The van der Waals surface area contributed by atoms with Crippen LogP contribution in [0.5, 0.6) is 0 Å². The van der Waals surface area contributed by atoms with Crippen molar-refractivity contribution in [2.24, 2.45) is 0 Å². The van der Waals surface area contributed by atoms with E-state index in [0.717, 1.165) is 39.5 Å². The molecule has 1 aliphatic heterocycles. The number of hydrogen-bond donors (Lipinski definition) is 1. The number of benzene rings is 1. The molecule has 0 aliphatic carbocycles. The van der Waals surface area contributed by atoms with Crippen molar-refractivity contribution in [1.82, 2.24) is 0 Å². The molecule has 0 amide bonds. The van der Waals surface area contributed by atoms with Crippen molar-refractivity contribution in [3.8, 4) is 0 Å². The fourth-order valence-corrected chi connectivity index (χ4v) is 3.60. The number of nitrogens with one attached hydrogen (secondary N) is 1. The van der Waals surface area contributed by atoms with Gasteiger partial charge in [0.1, 0.15) is 0 Å². The first-order chi connectivity index (χ1) is 7.65. The summed E-state index contributed by atoms with van der Waals surface area (Å²) >= 11 is 9.52. The van der Waals surface area contributed by atoms with Gasteiger partial charge in [0.2, 0.25) is 0 Å². The number of halogens is 2. The lowest BCUT2D eigenvalue weighted by molar-refractivity contribution is 0.624. The van der Waals surface area contributed by atoms with Gasteiger partial charge in [0, 0.05) is 32.8 Å². The van der Waals surface area contributed by atoms with Crippen LogP contribution in [0.25, 0.3) is 0 Å². The Morgan fingerprint density at radius 3 is 2.75 bits per heavy atom. The number of anilines is 1. The Hall–Kier alpha value is -0.0600. The Morgan fingerprint density at radius 2 is 2.06 bits per heavy atom. The van der Waals surface area contributed by atoms with E-state index in [-0.39, 0.29) is 0 Å². The monoisotopic (exact) mass is 321 g/mol. The van der Waals surface area contributed by atoms with Crippen LogP contribution in [-0.4, -0.2) is 21.8 Å². The van der Waals surface area contributed by atoms with Crippen molar-refractivity contribution in [1.29, 1.82) is 0 Å². The Kier molecular flexibility index (Phi) is 4.27. The molecule has 88 valence electrons. The first-order valence-corrected chi connectivity index (χ1v) is 7.87. The molecule has 2 nitrogen and oxygen atoms in total. The summed E-state index contributed by atoms with van der Waals surface area (Å²) in [5.74, 6) is 1.59. The Morgan fingerprint density at radius 1 is 1.38 bits per heavy atom. The van der Waals surface area contributed by atoms with Crippen LogP contribution in [0.15, 0.2) is 22.7 Å². The molecule has 0 aromatic heterocycles. The van der Waals surface area contributed by atoms with Gasteiger partial charge in [-0.25, -0.2) is 0 Å². The van der Waals surface area contributed by atoms with Crippen LogP contribution in [-0.2, 0) is 10.8 Å². The second kappa shape index (κ2) is 5.52. The lowest BCUT2D eigenvalue weighted by atomic mass is 10.1. The number of hydrogen-bond acceptors (Lipinski definition) is 2. The summed E-state index contributed by atoms with van der Waals surface area (Å²) in [6.07, 6.45) is 1.91. The van der Waals surface area contributed by atoms with Gasteiger partial charge in [-0.1, -0.05) is 27.5 Å². The lowest BCUT2D eigenvalue weighted by Gasteiger charge is -2.24. The van der Waals surface area contributed by atoms with Crippen LogP contribution in [0.3, 0.4) is 0 Å². The van der Waals surface area contributed by atoms with Gasteiger partial charge in [-0.05, 0) is 31.0 Å². The molecule has 0 bridgehead atoms. The maximum absolute atomic E-state index is 11.2. The van der Waals surface area contributed by atoms with Gasteiger partial charge in [-0.2, -0.15) is 0 Å². The van der Waals surface area contributed by atoms with Crippen molar-refractivity contribution in [2.75, 3.05) is 16.8 Å². The second-order valence-corrected chi connectivity index (χ2v) is 6.91. The summed E-state index contributed by atoms with van der Waals surface area (Å²) < 4.78 is 12.2. The zero-order valence-electron chi connectivity index (χ0n) is 8.71. The molecule has 1 fully saturated rings.